The van der Waals surface area contributed by atoms with Crippen LogP contribution in [0.4, 0.5) is 0 Å². The minimum atomic E-state index is -0.695. The average molecular weight is 961 g/mol. The number of nitrogens with zero attached hydrogens (tertiary/aromatic N) is 1. The summed E-state index contributed by atoms with van der Waals surface area (Å²) in [5.41, 5.74) is 8.27. The molecule has 339 valence electrons. The SMILES string of the molecule is C.COC(=O)c1cccc(C2CC2c2ccc(O)cc2Cl)c1.COC(=O)c1cccc(C2CC2c2ccc(OCc3c(-c4ccccc4)noc3C(C)C)cc2Cl)c1.[B][B]B(B([B])[B])B(B([B])[B])B([B])[B]. The normalized spacial score (nSPS) is 16.0. The van der Waals surface area contributed by atoms with Crippen molar-refractivity contribution in [2.45, 2.75) is 70.3 Å². The highest BCUT2D eigenvalue weighted by Gasteiger charge is 2.42. The Morgan fingerprint density at radius 1 is 0.718 bits per heavy atom. The molecule has 71 heavy (non-hydrogen) atoms. The fraction of sp³-hybridized carbons (Fsp3) is 0.271. The zero-order valence-electron chi connectivity index (χ0n) is 39.6. The number of halogens is 2. The van der Waals surface area contributed by atoms with Crippen LogP contribution in [-0.2, 0) is 16.1 Å². The quantitative estimate of drug-likeness (QED) is 0.0784. The third-order valence-electron chi connectivity index (χ3n) is 12.6. The van der Waals surface area contributed by atoms with Crippen molar-refractivity contribution in [3.05, 3.63) is 170 Å². The molecule has 1 aromatic heterocycles. The standard InChI is InChI=1S/C30H28ClNO4.C17H15ClO3.CH4.B13/c1-18(2)29-26(28(32-36-29)19-8-5-4-6-9-19)17-35-22-12-13-23(27(31)15-22)25-16-24(25)20-10-7-11-21(14-20)30(33)34-3;1-21-17(20)11-4-2-3-10(7-11)14-9-15(14)13-6-5-12(19)8-16(13)18;;1-8-12(9(2)3)13(10(4)5)11(6)7/h4-15,18,24-25H,16-17H2,1-3H3;2-8,14-15,19H,9H2,1H3;1H4;. The molecule has 5 aromatic carbocycles. The van der Waals surface area contributed by atoms with Gasteiger partial charge >= 0.3 is 11.9 Å². The van der Waals surface area contributed by atoms with Gasteiger partial charge in [-0.3, -0.25) is 0 Å². The average Bonchev–Trinajstić information content (AvgIpc) is 4.28. The Labute approximate surface area is 441 Å². The molecule has 8 nitrogen and oxygen atoms in total. The van der Waals surface area contributed by atoms with Crippen LogP contribution in [0.3, 0.4) is 0 Å². The largest absolute Gasteiger partial charge is 0.508 e. The first kappa shape index (κ1) is 57.2. The van der Waals surface area contributed by atoms with E-state index >= 15 is 0 Å². The number of esters is 2. The first-order valence-electron chi connectivity index (χ1n) is 22.9. The maximum Gasteiger partial charge on any atom is 0.337 e. The number of carbonyl (C=O) groups is 2. The van der Waals surface area contributed by atoms with E-state index < -0.39 is 25.5 Å². The highest BCUT2D eigenvalue weighted by atomic mass is 35.5. The number of hydrogen-bond donors (Lipinski definition) is 1. The molecule has 23 heteroatoms. The number of benzene rings is 5. The third kappa shape index (κ3) is 14.7. The Hall–Kier alpha value is -4.73. The molecular formula is C48H47B13Cl2NO7. The predicted octanol–water partition coefficient (Wildman–Crippen LogP) is 7.54. The minimum Gasteiger partial charge on any atom is -0.508 e. The van der Waals surface area contributed by atoms with E-state index in [4.69, 9.17) is 96.1 Å². The Kier molecular flexibility index (Phi) is 21.2. The number of aromatic nitrogens is 1. The highest BCUT2D eigenvalue weighted by molar-refractivity contribution is 8.07. The first-order valence-corrected chi connectivity index (χ1v) is 23.6. The molecule has 2 aliphatic carbocycles. The Balaban J connectivity index is 0.000000226. The lowest BCUT2D eigenvalue weighted by molar-refractivity contribution is 0.0591. The molecule has 0 amide bonds. The molecular weight excluding hydrogens is 914 g/mol. The molecule has 6 aromatic rings. The van der Waals surface area contributed by atoms with E-state index in [-0.39, 0.29) is 37.4 Å². The van der Waals surface area contributed by atoms with E-state index in [9.17, 15) is 14.7 Å². The van der Waals surface area contributed by atoms with E-state index in [2.05, 4.69) is 25.1 Å². The number of phenols is 1. The van der Waals surface area contributed by atoms with E-state index in [0.29, 0.717) is 57.2 Å². The first-order chi connectivity index (χ1) is 33.5. The van der Waals surface area contributed by atoms with Gasteiger partial charge < -0.3 is 23.8 Å². The van der Waals surface area contributed by atoms with Gasteiger partial charge in [0.2, 0.25) is 0 Å². The second-order valence-electron chi connectivity index (χ2n) is 17.8. The Bertz CT molecular complexity index is 2710. The van der Waals surface area contributed by atoms with Gasteiger partial charge in [0, 0.05) is 115 Å². The molecule has 2 fully saturated rings. The molecule has 0 bridgehead atoms. The van der Waals surface area contributed by atoms with Crippen LogP contribution in [0.1, 0.15) is 118 Å². The monoisotopic (exact) mass is 962 g/mol. The van der Waals surface area contributed by atoms with Crippen molar-refractivity contribution < 1.29 is 33.4 Å². The molecule has 2 aliphatic rings. The van der Waals surface area contributed by atoms with Crippen LogP contribution in [-0.4, -0.2) is 130 Å². The van der Waals surface area contributed by atoms with Gasteiger partial charge in [-0.1, -0.05) is 116 Å². The summed E-state index contributed by atoms with van der Waals surface area (Å²) in [7, 11) is 42.3. The summed E-state index contributed by atoms with van der Waals surface area (Å²) in [5, 5.41) is 15.0. The van der Waals surface area contributed by atoms with Gasteiger partial charge in [0.15, 0.2) is 0 Å². The van der Waals surface area contributed by atoms with Gasteiger partial charge in [-0.05, 0) is 107 Å². The minimum absolute atomic E-state index is 0. The summed E-state index contributed by atoms with van der Waals surface area (Å²) in [6, 6.07) is 36.1. The summed E-state index contributed by atoms with van der Waals surface area (Å²) in [5.74, 6) is 2.58. The molecule has 1 heterocycles. The molecule has 15 radical (unpaired) electrons. The van der Waals surface area contributed by atoms with Gasteiger partial charge in [0.05, 0.1) is 30.9 Å². The zero-order valence-corrected chi connectivity index (χ0v) is 41.1. The summed E-state index contributed by atoms with van der Waals surface area (Å²) in [4.78, 5) is 23.5. The van der Waals surface area contributed by atoms with Crippen molar-refractivity contribution in [1.82, 2.24) is 5.16 Å². The molecule has 1 N–H and O–H groups in total. The van der Waals surface area contributed by atoms with E-state index in [0.717, 1.165) is 57.7 Å². The van der Waals surface area contributed by atoms with Crippen LogP contribution in [0, 0.1) is 0 Å². The molecule has 0 aliphatic heterocycles. The number of ether oxygens (including phenoxy) is 3. The number of aromatic hydroxyl groups is 1. The molecule has 4 atom stereocenters. The van der Waals surface area contributed by atoms with Crippen molar-refractivity contribution >= 4 is 128 Å². The van der Waals surface area contributed by atoms with Crippen LogP contribution >= 0.6 is 23.2 Å². The van der Waals surface area contributed by atoms with Gasteiger partial charge in [-0.2, -0.15) is 0 Å². The van der Waals surface area contributed by atoms with E-state index in [1.54, 1.807) is 24.3 Å². The number of methoxy groups -OCH3 is 2. The van der Waals surface area contributed by atoms with Crippen molar-refractivity contribution in [2.24, 2.45) is 0 Å². The molecule has 0 spiro atoms. The van der Waals surface area contributed by atoms with Gasteiger partial charge in [-0.25, -0.2) is 9.59 Å². The number of rotatable bonds is 16. The predicted molar refractivity (Wildman–Crippen MR) is 302 cm³/mol. The maximum absolute atomic E-state index is 11.9. The smallest absolute Gasteiger partial charge is 0.337 e. The lowest BCUT2D eigenvalue weighted by Gasteiger charge is -2.31. The number of phenolic OH excluding ortho intramolecular Hbond substituents is 1. The maximum atomic E-state index is 11.9. The van der Waals surface area contributed by atoms with E-state index in [1.807, 2.05) is 84.9 Å². The Morgan fingerprint density at radius 3 is 1.68 bits per heavy atom. The lowest BCUT2D eigenvalue weighted by Crippen LogP contribution is -2.69. The number of carbonyl (C=O) groups excluding carboxylic acids is 2. The molecule has 4 unspecified atom stereocenters. The van der Waals surface area contributed by atoms with Gasteiger partial charge in [-0.15, -0.1) is 0 Å². The number of hydrogen-bond acceptors (Lipinski definition) is 8. The van der Waals surface area contributed by atoms with Crippen LogP contribution in [0.25, 0.3) is 11.3 Å². The van der Waals surface area contributed by atoms with Crippen LogP contribution < -0.4 is 4.74 Å². The summed E-state index contributed by atoms with van der Waals surface area (Å²) in [6.07, 6.45) is -0.888. The van der Waals surface area contributed by atoms with Crippen molar-refractivity contribution in [1.29, 1.82) is 0 Å². The fourth-order valence-corrected chi connectivity index (χ4v) is 9.36. The topological polar surface area (TPSA) is 108 Å². The fourth-order valence-electron chi connectivity index (χ4n) is 8.73. The second kappa shape index (κ2) is 26.3. The van der Waals surface area contributed by atoms with Crippen molar-refractivity contribution in [2.75, 3.05) is 14.2 Å². The van der Waals surface area contributed by atoms with Gasteiger partial charge in [0.25, 0.3) is 0 Å². The van der Waals surface area contributed by atoms with E-state index in [1.165, 1.54) is 21.3 Å². The molecule has 8 rings (SSSR count). The third-order valence-corrected chi connectivity index (χ3v) is 13.2. The van der Waals surface area contributed by atoms with Crippen molar-refractivity contribution in [3.63, 3.8) is 0 Å². The van der Waals surface area contributed by atoms with Crippen LogP contribution in [0.5, 0.6) is 11.5 Å². The molecule has 0 saturated heterocycles. The summed E-state index contributed by atoms with van der Waals surface area (Å²) >= 11 is 12.9. The van der Waals surface area contributed by atoms with Crippen molar-refractivity contribution in [3.8, 4) is 22.8 Å². The second-order valence-corrected chi connectivity index (χ2v) is 18.6. The Morgan fingerprint density at radius 2 is 1.24 bits per heavy atom. The summed E-state index contributed by atoms with van der Waals surface area (Å²) < 4.78 is 21.5. The lowest BCUT2D eigenvalue weighted by atomic mass is 8.50. The van der Waals surface area contributed by atoms with Crippen LogP contribution in [0.15, 0.2) is 120 Å². The molecule has 2 saturated carbocycles. The van der Waals surface area contributed by atoms with Crippen LogP contribution in [0.2, 0.25) is 10.0 Å². The highest BCUT2D eigenvalue weighted by Crippen LogP contribution is 2.57. The van der Waals surface area contributed by atoms with Gasteiger partial charge in [0.1, 0.15) is 29.6 Å². The zero-order chi connectivity index (χ0) is 50.8. The summed E-state index contributed by atoms with van der Waals surface area (Å²) in [6.45, 7) is 4.50.